The first-order valence-electron chi connectivity index (χ1n) is 8.59. The van der Waals surface area contributed by atoms with Gasteiger partial charge in [-0.15, -0.1) is 0 Å². The summed E-state index contributed by atoms with van der Waals surface area (Å²) in [4.78, 5) is 13.7. The second-order valence-corrected chi connectivity index (χ2v) is 6.58. The molecular weight excluding hydrogens is 425 g/mol. The van der Waals surface area contributed by atoms with Crippen LogP contribution >= 0.6 is 0 Å². The maximum atomic E-state index is 4.76. The van der Waals surface area contributed by atoms with Crippen molar-refractivity contribution in [3.05, 3.63) is 71.2 Å². The summed E-state index contributed by atoms with van der Waals surface area (Å²) in [5, 5.41) is 4.43. The fourth-order valence-corrected chi connectivity index (χ4v) is 3.44. The number of imidazole rings is 1. The summed E-state index contributed by atoms with van der Waals surface area (Å²) in [5.41, 5.74) is 7.67. The van der Waals surface area contributed by atoms with Crippen LogP contribution in [-0.2, 0) is 19.5 Å². The van der Waals surface area contributed by atoms with E-state index in [4.69, 9.17) is 4.98 Å². The molecule has 0 atom stereocenters. The summed E-state index contributed by atoms with van der Waals surface area (Å²) < 4.78 is 1.83. The Morgan fingerprint density at radius 3 is 2.07 bits per heavy atom. The molecule has 0 bridgehead atoms. The SMILES string of the molecule is Cc1cccc(C)c1-c1c[n-]c(-c2ncnn2-c2c(C)cccc2C)n1.[Rh]. The minimum Gasteiger partial charge on any atom is -0.439 e. The number of hydrogen-bond donors (Lipinski definition) is 0. The number of para-hydroxylation sites is 1. The molecule has 0 aliphatic rings. The Kier molecular flexibility index (Phi) is 5.38. The van der Waals surface area contributed by atoms with Crippen molar-refractivity contribution in [2.45, 2.75) is 27.7 Å². The van der Waals surface area contributed by atoms with E-state index < -0.39 is 0 Å². The minimum absolute atomic E-state index is 0. The van der Waals surface area contributed by atoms with Crippen LogP contribution in [0.3, 0.4) is 0 Å². The summed E-state index contributed by atoms with van der Waals surface area (Å²) >= 11 is 0. The zero-order valence-corrected chi connectivity index (χ0v) is 17.3. The zero-order valence-electron chi connectivity index (χ0n) is 15.7. The Morgan fingerprint density at radius 1 is 0.852 bits per heavy atom. The van der Waals surface area contributed by atoms with Crippen LogP contribution < -0.4 is 4.98 Å². The van der Waals surface area contributed by atoms with Crippen LogP contribution in [0.5, 0.6) is 0 Å². The second kappa shape index (κ2) is 7.57. The third kappa shape index (κ3) is 3.37. The van der Waals surface area contributed by atoms with Gasteiger partial charge in [0, 0.05) is 19.5 Å². The van der Waals surface area contributed by atoms with E-state index in [-0.39, 0.29) is 19.5 Å². The molecule has 0 unspecified atom stereocenters. The van der Waals surface area contributed by atoms with Gasteiger partial charge in [-0.25, -0.2) is 9.67 Å². The van der Waals surface area contributed by atoms with Gasteiger partial charge in [-0.2, -0.15) is 5.10 Å². The molecule has 1 radical (unpaired) electrons. The van der Waals surface area contributed by atoms with E-state index in [1.54, 1.807) is 6.33 Å². The number of rotatable bonds is 3. The van der Waals surface area contributed by atoms with E-state index in [1.807, 2.05) is 16.9 Å². The average molecular weight is 445 g/mol. The number of hydrogen-bond acceptors (Lipinski definition) is 3. The molecule has 0 N–H and O–H groups in total. The molecule has 4 aromatic rings. The molecule has 2 aromatic heterocycles. The molecule has 0 saturated carbocycles. The molecular formula is C21H20N5Rh-. The number of aromatic nitrogens is 5. The van der Waals surface area contributed by atoms with Gasteiger partial charge in [-0.05, 0) is 67.0 Å². The molecule has 0 aliphatic carbocycles. The third-order valence-corrected chi connectivity index (χ3v) is 4.67. The van der Waals surface area contributed by atoms with E-state index in [2.05, 4.69) is 73.1 Å². The van der Waals surface area contributed by atoms with Crippen molar-refractivity contribution >= 4 is 0 Å². The first kappa shape index (κ1) is 19.2. The van der Waals surface area contributed by atoms with Gasteiger partial charge >= 0.3 is 0 Å². The largest absolute Gasteiger partial charge is 0.439 e. The fraction of sp³-hybridized carbons (Fsp3) is 0.190. The molecule has 4 rings (SSSR count). The molecule has 0 amide bonds. The normalized spacial score (nSPS) is 10.7. The first-order chi connectivity index (χ1) is 12.6. The molecule has 2 aromatic carbocycles. The Bertz CT molecular complexity index is 1050. The van der Waals surface area contributed by atoms with Crippen molar-refractivity contribution < 1.29 is 19.5 Å². The van der Waals surface area contributed by atoms with Crippen LogP contribution in [0.2, 0.25) is 0 Å². The third-order valence-electron chi connectivity index (χ3n) is 4.67. The average Bonchev–Trinajstić information content (AvgIpc) is 3.24. The smallest absolute Gasteiger partial charge is 0.155 e. The molecule has 139 valence electrons. The van der Waals surface area contributed by atoms with Gasteiger partial charge in [0.15, 0.2) is 5.82 Å². The molecule has 5 nitrogen and oxygen atoms in total. The van der Waals surface area contributed by atoms with Crippen LogP contribution in [0.25, 0.3) is 28.6 Å². The Balaban J connectivity index is 0.00000210. The minimum atomic E-state index is 0. The predicted octanol–water partition coefficient (Wildman–Crippen LogP) is 4.18. The van der Waals surface area contributed by atoms with Gasteiger partial charge in [-0.1, -0.05) is 42.6 Å². The van der Waals surface area contributed by atoms with Gasteiger partial charge < -0.3 is 9.97 Å². The summed E-state index contributed by atoms with van der Waals surface area (Å²) in [5.74, 6) is 1.24. The summed E-state index contributed by atoms with van der Waals surface area (Å²) in [6.45, 7) is 8.33. The van der Waals surface area contributed by atoms with E-state index in [1.165, 1.54) is 11.1 Å². The zero-order chi connectivity index (χ0) is 18.3. The van der Waals surface area contributed by atoms with Gasteiger partial charge in [0.1, 0.15) is 6.33 Å². The van der Waals surface area contributed by atoms with E-state index >= 15 is 0 Å². The Labute approximate surface area is 171 Å². The van der Waals surface area contributed by atoms with Crippen molar-refractivity contribution in [3.63, 3.8) is 0 Å². The van der Waals surface area contributed by atoms with Gasteiger partial charge in [0.25, 0.3) is 0 Å². The molecule has 0 fully saturated rings. The van der Waals surface area contributed by atoms with Crippen LogP contribution in [0.1, 0.15) is 22.3 Å². The van der Waals surface area contributed by atoms with E-state index in [0.29, 0.717) is 11.6 Å². The van der Waals surface area contributed by atoms with Crippen LogP contribution in [-0.4, -0.2) is 19.7 Å². The Hall–Kier alpha value is -2.59. The predicted molar refractivity (Wildman–Crippen MR) is 102 cm³/mol. The van der Waals surface area contributed by atoms with E-state index in [0.717, 1.165) is 28.1 Å². The maximum Gasteiger partial charge on any atom is 0.155 e. The first-order valence-corrected chi connectivity index (χ1v) is 8.59. The Morgan fingerprint density at radius 2 is 1.44 bits per heavy atom. The van der Waals surface area contributed by atoms with Crippen molar-refractivity contribution in [1.29, 1.82) is 0 Å². The van der Waals surface area contributed by atoms with Crippen molar-refractivity contribution in [3.8, 4) is 28.6 Å². The van der Waals surface area contributed by atoms with Crippen LogP contribution in [0.15, 0.2) is 48.9 Å². The topological polar surface area (TPSA) is 57.7 Å². The monoisotopic (exact) mass is 445 g/mol. The standard InChI is InChI=1S/C21H20N5.Rh/c1-13-7-5-8-14(2)18(13)17-11-22-20(25-17)21-23-12-24-26(21)19-15(3)9-6-10-16(19)4;/h5-12H,1-4H3;/q-1;. The van der Waals surface area contributed by atoms with E-state index in [9.17, 15) is 0 Å². The number of benzene rings is 2. The van der Waals surface area contributed by atoms with Crippen molar-refractivity contribution in [1.82, 2.24) is 24.7 Å². The number of nitrogens with zero attached hydrogens (tertiary/aromatic N) is 5. The van der Waals surface area contributed by atoms with Crippen LogP contribution in [0.4, 0.5) is 0 Å². The molecule has 0 aliphatic heterocycles. The van der Waals surface area contributed by atoms with Crippen molar-refractivity contribution in [2.75, 3.05) is 0 Å². The molecule has 0 spiro atoms. The molecule has 27 heavy (non-hydrogen) atoms. The fourth-order valence-electron chi connectivity index (χ4n) is 3.44. The molecule has 0 saturated heterocycles. The molecule has 2 heterocycles. The summed E-state index contributed by atoms with van der Waals surface area (Å²) in [7, 11) is 0. The van der Waals surface area contributed by atoms with Crippen LogP contribution in [0, 0.1) is 27.7 Å². The summed E-state index contributed by atoms with van der Waals surface area (Å²) in [6, 6.07) is 12.4. The molecule has 6 heteroatoms. The number of aryl methyl sites for hydroxylation is 4. The maximum absolute atomic E-state index is 4.76. The summed E-state index contributed by atoms with van der Waals surface area (Å²) in [6.07, 6.45) is 3.37. The van der Waals surface area contributed by atoms with Gasteiger partial charge in [0.2, 0.25) is 0 Å². The second-order valence-electron chi connectivity index (χ2n) is 6.58. The quantitative estimate of drug-likeness (QED) is 0.444. The van der Waals surface area contributed by atoms with Gasteiger partial charge in [0.05, 0.1) is 5.69 Å². The van der Waals surface area contributed by atoms with Crippen molar-refractivity contribution in [2.24, 2.45) is 0 Å². The van der Waals surface area contributed by atoms with Gasteiger partial charge in [-0.3, -0.25) is 0 Å².